The normalized spacial score (nSPS) is 18.5. The molecular weight excluding hydrogens is 282 g/mol. The number of hydrogen-bond donors (Lipinski definition) is 0. The Balaban J connectivity index is 2.10. The van der Waals surface area contributed by atoms with Crippen LogP contribution in [-0.4, -0.2) is 30.2 Å². The fourth-order valence-electron chi connectivity index (χ4n) is 2.88. The van der Waals surface area contributed by atoms with Crippen LogP contribution in [0.4, 0.5) is 0 Å². The molecule has 110 valence electrons. The molecule has 0 saturated carbocycles. The van der Waals surface area contributed by atoms with Crippen LogP contribution in [0.3, 0.4) is 0 Å². The molecule has 1 atom stereocenters. The van der Waals surface area contributed by atoms with Crippen molar-refractivity contribution in [3.05, 3.63) is 42.0 Å². The number of hydrogen-bond acceptors (Lipinski definition) is 3. The van der Waals surface area contributed by atoms with Gasteiger partial charge >= 0.3 is 0 Å². The third-order valence-electron chi connectivity index (χ3n) is 3.84. The minimum absolute atomic E-state index is 0.119. The zero-order valence-electron chi connectivity index (χ0n) is 12.3. The number of benzene rings is 2. The minimum Gasteiger partial charge on any atom is -0.496 e. The van der Waals surface area contributed by atoms with E-state index in [2.05, 4.69) is 25.1 Å². The Morgan fingerprint density at radius 2 is 2.00 bits per heavy atom. The average Bonchev–Trinajstić information content (AvgIpc) is 2.88. The highest BCUT2D eigenvalue weighted by atomic mass is 32.2. The van der Waals surface area contributed by atoms with Gasteiger partial charge in [-0.25, -0.2) is 0 Å². The van der Waals surface area contributed by atoms with Gasteiger partial charge in [0.25, 0.3) is 0 Å². The van der Waals surface area contributed by atoms with Crippen LogP contribution in [-0.2, 0) is 4.79 Å². The zero-order chi connectivity index (χ0) is 14.8. The maximum atomic E-state index is 12.1. The molecule has 2 aromatic carbocycles. The van der Waals surface area contributed by atoms with Crippen molar-refractivity contribution in [2.45, 2.75) is 18.7 Å². The summed E-state index contributed by atoms with van der Waals surface area (Å²) in [6.07, 6.45) is 0.983. The van der Waals surface area contributed by atoms with Crippen molar-refractivity contribution in [1.82, 2.24) is 4.90 Å². The fourth-order valence-corrected chi connectivity index (χ4v) is 4.14. The molecule has 1 aliphatic heterocycles. The van der Waals surface area contributed by atoms with E-state index in [9.17, 15) is 4.79 Å². The van der Waals surface area contributed by atoms with E-state index < -0.39 is 0 Å². The summed E-state index contributed by atoms with van der Waals surface area (Å²) < 4.78 is 5.45. The third kappa shape index (κ3) is 2.48. The number of thioether (sulfide) groups is 1. The molecule has 1 saturated heterocycles. The van der Waals surface area contributed by atoms with Crippen LogP contribution in [0.5, 0.6) is 5.75 Å². The summed E-state index contributed by atoms with van der Waals surface area (Å²) in [6, 6.07) is 12.3. The Labute approximate surface area is 129 Å². The van der Waals surface area contributed by atoms with E-state index in [-0.39, 0.29) is 11.3 Å². The topological polar surface area (TPSA) is 29.5 Å². The molecule has 1 unspecified atom stereocenters. The van der Waals surface area contributed by atoms with Gasteiger partial charge in [-0.15, -0.1) is 11.8 Å². The van der Waals surface area contributed by atoms with E-state index in [4.69, 9.17) is 4.74 Å². The standard InChI is InChI=1S/C17H19NO2S/c1-3-10-18-16(19)11-21-17(18)14-8-9-15(20-2)13-7-5-4-6-12(13)14/h4-9,17H,3,10-11H2,1-2H3. The molecule has 0 aromatic heterocycles. The molecule has 1 fully saturated rings. The lowest BCUT2D eigenvalue weighted by atomic mass is 10.0. The van der Waals surface area contributed by atoms with Crippen molar-refractivity contribution in [2.24, 2.45) is 0 Å². The van der Waals surface area contributed by atoms with E-state index in [0.29, 0.717) is 5.75 Å². The number of ether oxygens (including phenoxy) is 1. The second-order valence-electron chi connectivity index (χ2n) is 5.15. The molecule has 1 aliphatic rings. The number of fused-ring (bicyclic) bond motifs is 1. The molecular formula is C17H19NO2S. The molecule has 0 radical (unpaired) electrons. The lowest BCUT2D eigenvalue weighted by Gasteiger charge is -2.25. The number of amides is 1. The first-order valence-corrected chi connectivity index (χ1v) is 8.28. The first-order valence-electron chi connectivity index (χ1n) is 7.23. The molecule has 21 heavy (non-hydrogen) atoms. The Kier molecular flexibility index (Phi) is 4.06. The number of carbonyl (C=O) groups excluding carboxylic acids is 1. The molecule has 3 nitrogen and oxygen atoms in total. The van der Waals surface area contributed by atoms with E-state index in [0.717, 1.165) is 24.1 Å². The van der Waals surface area contributed by atoms with Crippen molar-refractivity contribution >= 4 is 28.4 Å². The summed E-state index contributed by atoms with van der Waals surface area (Å²) in [6.45, 7) is 2.93. The van der Waals surface area contributed by atoms with Crippen molar-refractivity contribution in [1.29, 1.82) is 0 Å². The number of rotatable bonds is 4. The van der Waals surface area contributed by atoms with E-state index >= 15 is 0 Å². The predicted octanol–water partition coefficient (Wildman–Crippen LogP) is 3.83. The van der Waals surface area contributed by atoms with Crippen LogP contribution in [0.2, 0.25) is 0 Å². The second-order valence-corrected chi connectivity index (χ2v) is 6.22. The van der Waals surface area contributed by atoms with Gasteiger partial charge in [0.05, 0.1) is 12.9 Å². The number of methoxy groups -OCH3 is 1. The maximum Gasteiger partial charge on any atom is 0.233 e. The van der Waals surface area contributed by atoms with Crippen molar-refractivity contribution in [3.8, 4) is 5.75 Å². The summed E-state index contributed by atoms with van der Waals surface area (Å²) in [4.78, 5) is 14.1. The van der Waals surface area contributed by atoms with Gasteiger partial charge in [-0.3, -0.25) is 4.79 Å². The first-order chi connectivity index (χ1) is 10.3. The smallest absolute Gasteiger partial charge is 0.233 e. The maximum absolute atomic E-state index is 12.1. The lowest BCUT2D eigenvalue weighted by molar-refractivity contribution is -0.128. The summed E-state index contributed by atoms with van der Waals surface area (Å²) in [7, 11) is 1.69. The third-order valence-corrected chi connectivity index (χ3v) is 5.07. The van der Waals surface area contributed by atoms with E-state index in [1.54, 1.807) is 18.9 Å². The van der Waals surface area contributed by atoms with Crippen LogP contribution in [0.1, 0.15) is 24.3 Å². The number of carbonyl (C=O) groups is 1. The molecule has 4 heteroatoms. The molecule has 1 amide bonds. The highest BCUT2D eigenvalue weighted by Gasteiger charge is 2.33. The van der Waals surface area contributed by atoms with Gasteiger partial charge in [0.1, 0.15) is 11.1 Å². The van der Waals surface area contributed by atoms with Crippen LogP contribution in [0.15, 0.2) is 36.4 Å². The largest absolute Gasteiger partial charge is 0.496 e. The molecule has 2 aromatic rings. The fraction of sp³-hybridized carbons (Fsp3) is 0.353. The summed E-state index contributed by atoms with van der Waals surface area (Å²) in [5.41, 5.74) is 1.20. The lowest BCUT2D eigenvalue weighted by Crippen LogP contribution is -2.28. The summed E-state index contributed by atoms with van der Waals surface area (Å²) in [5.74, 6) is 1.70. The van der Waals surface area contributed by atoms with E-state index in [1.165, 1.54) is 10.9 Å². The Morgan fingerprint density at radius 1 is 1.24 bits per heavy atom. The van der Waals surface area contributed by atoms with Gasteiger partial charge in [0, 0.05) is 11.9 Å². The molecule has 0 spiro atoms. The Morgan fingerprint density at radius 3 is 2.71 bits per heavy atom. The highest BCUT2D eigenvalue weighted by Crippen LogP contribution is 2.43. The Bertz CT molecular complexity index is 671. The van der Waals surface area contributed by atoms with Gasteiger partial charge in [-0.1, -0.05) is 37.3 Å². The van der Waals surface area contributed by atoms with Gasteiger partial charge in [-0.05, 0) is 23.4 Å². The van der Waals surface area contributed by atoms with Gasteiger partial charge in [0.15, 0.2) is 0 Å². The van der Waals surface area contributed by atoms with Crippen molar-refractivity contribution in [2.75, 3.05) is 19.4 Å². The molecule has 0 N–H and O–H groups in total. The van der Waals surface area contributed by atoms with Crippen molar-refractivity contribution in [3.63, 3.8) is 0 Å². The number of nitrogens with zero attached hydrogens (tertiary/aromatic N) is 1. The first kappa shape index (κ1) is 14.3. The zero-order valence-corrected chi connectivity index (χ0v) is 13.2. The van der Waals surface area contributed by atoms with Crippen LogP contribution in [0.25, 0.3) is 10.8 Å². The minimum atomic E-state index is 0.119. The van der Waals surface area contributed by atoms with Gasteiger partial charge in [0.2, 0.25) is 5.91 Å². The highest BCUT2D eigenvalue weighted by molar-refractivity contribution is 8.00. The SMILES string of the molecule is CCCN1C(=O)CSC1c1ccc(OC)c2ccccc12. The van der Waals surface area contributed by atoms with Crippen LogP contribution < -0.4 is 4.74 Å². The molecule has 0 bridgehead atoms. The monoisotopic (exact) mass is 301 g/mol. The molecule has 0 aliphatic carbocycles. The Hall–Kier alpha value is -1.68. The van der Waals surface area contributed by atoms with Crippen molar-refractivity contribution < 1.29 is 9.53 Å². The molecule has 1 heterocycles. The quantitative estimate of drug-likeness (QED) is 0.859. The van der Waals surface area contributed by atoms with E-state index in [1.807, 2.05) is 23.1 Å². The summed E-state index contributed by atoms with van der Waals surface area (Å²) in [5, 5.41) is 2.40. The average molecular weight is 301 g/mol. The van der Waals surface area contributed by atoms with Crippen LogP contribution in [0, 0.1) is 0 Å². The predicted molar refractivity (Wildman–Crippen MR) is 87.7 cm³/mol. The van der Waals surface area contributed by atoms with Crippen LogP contribution >= 0.6 is 11.8 Å². The second kappa shape index (κ2) is 5.98. The molecule has 3 rings (SSSR count). The van der Waals surface area contributed by atoms with Gasteiger partial charge < -0.3 is 9.64 Å². The summed E-state index contributed by atoms with van der Waals surface area (Å²) >= 11 is 1.72. The van der Waals surface area contributed by atoms with Gasteiger partial charge in [-0.2, -0.15) is 0 Å².